The molecule has 0 bridgehead atoms. The van der Waals surface area contributed by atoms with Crippen molar-refractivity contribution in [1.82, 2.24) is 15.5 Å². The summed E-state index contributed by atoms with van der Waals surface area (Å²) in [5.41, 5.74) is -1.28. The second kappa shape index (κ2) is 10.2. The van der Waals surface area contributed by atoms with Crippen molar-refractivity contribution in [2.24, 2.45) is 4.36 Å². The lowest BCUT2D eigenvalue weighted by atomic mass is 10.0. The normalized spacial score (nSPS) is 13.7. The summed E-state index contributed by atoms with van der Waals surface area (Å²) >= 11 is 3.20. The third-order valence-corrected chi connectivity index (χ3v) is 7.91. The summed E-state index contributed by atoms with van der Waals surface area (Å²) in [6.45, 7) is 1.86. The maximum absolute atomic E-state index is 14.9. The molecule has 1 heterocycles. The zero-order valence-electron chi connectivity index (χ0n) is 19.2. The molecule has 3 aromatic rings. The van der Waals surface area contributed by atoms with Gasteiger partial charge in [-0.3, -0.25) is 4.79 Å². The second-order valence-corrected chi connectivity index (χ2v) is 11.0. The Hall–Kier alpha value is -2.93. The first-order valence-corrected chi connectivity index (χ1v) is 12.6. The highest BCUT2D eigenvalue weighted by molar-refractivity contribution is 9.10. The Morgan fingerprint density at radius 3 is 2.36 bits per heavy atom. The molecule has 1 atom stereocenters. The predicted molar refractivity (Wildman–Crippen MR) is 126 cm³/mol. The van der Waals surface area contributed by atoms with E-state index in [0.29, 0.717) is 16.1 Å². The van der Waals surface area contributed by atoms with Crippen molar-refractivity contribution in [2.75, 3.05) is 13.6 Å². The van der Waals surface area contributed by atoms with E-state index in [9.17, 15) is 31.0 Å². The molecule has 0 saturated heterocycles. The predicted octanol–water partition coefficient (Wildman–Crippen LogP) is 5.91. The summed E-state index contributed by atoms with van der Waals surface area (Å²) in [6.07, 6.45) is -4.72. The minimum atomic E-state index is -4.72. The van der Waals surface area contributed by atoms with Crippen LogP contribution >= 0.6 is 15.9 Å². The molecule has 0 fully saturated rings. The number of nitrogens with zero attached hydrogens (tertiary/aromatic N) is 3. The van der Waals surface area contributed by atoms with Gasteiger partial charge in [-0.2, -0.15) is 27.1 Å². The monoisotopic (exact) mass is 590 g/mol. The Morgan fingerprint density at radius 1 is 1.06 bits per heavy atom. The molecule has 0 aliphatic carbocycles. The van der Waals surface area contributed by atoms with Crippen LogP contribution in [0.1, 0.15) is 32.7 Å². The molecule has 1 amide bonds. The zero-order chi connectivity index (χ0) is 26.9. The largest absolute Gasteiger partial charge is 0.416 e. The van der Waals surface area contributed by atoms with Crippen LogP contribution in [0.2, 0.25) is 0 Å². The third-order valence-electron chi connectivity index (χ3n) is 5.18. The lowest BCUT2D eigenvalue weighted by Crippen LogP contribution is -2.36. The first-order chi connectivity index (χ1) is 16.7. The van der Waals surface area contributed by atoms with Crippen molar-refractivity contribution in [2.45, 2.75) is 35.9 Å². The maximum Gasteiger partial charge on any atom is 0.416 e. The van der Waals surface area contributed by atoms with Crippen LogP contribution in [-0.2, 0) is 21.8 Å². The molecule has 3 rings (SSSR count). The molecule has 36 heavy (non-hydrogen) atoms. The van der Waals surface area contributed by atoms with E-state index in [1.165, 1.54) is 38.1 Å². The second-order valence-electron chi connectivity index (χ2n) is 7.78. The van der Waals surface area contributed by atoms with Crippen LogP contribution in [0.3, 0.4) is 0 Å². The Balaban J connectivity index is 2.01. The topological polar surface area (TPSA) is 84.3 Å². The number of hydrogen-bond donors (Lipinski definition) is 1. The average Bonchev–Trinajstić information content (AvgIpc) is 2.81. The van der Waals surface area contributed by atoms with Gasteiger partial charge in [0.1, 0.15) is 9.73 Å². The van der Waals surface area contributed by atoms with Crippen LogP contribution < -0.4 is 5.32 Å². The van der Waals surface area contributed by atoms with Crippen LogP contribution in [-0.4, -0.2) is 33.9 Å². The number of aryl methyl sites for hydroxylation is 2. The van der Waals surface area contributed by atoms with Crippen molar-refractivity contribution < 1.29 is 31.0 Å². The van der Waals surface area contributed by atoms with Gasteiger partial charge in [-0.05, 0) is 55.8 Å². The van der Waals surface area contributed by atoms with Crippen molar-refractivity contribution in [1.29, 1.82) is 0 Å². The molecule has 0 spiro atoms. The number of benzene rings is 2. The SMILES string of the molecule is CN=S(=O)(c1cccc(C(F)(F)F)c1)c1nnc(C)cc1C(=O)NCC(F)(F)c1ccc(Br)cc1C. The molecular weight excluding hydrogens is 571 g/mol. The van der Waals surface area contributed by atoms with Gasteiger partial charge in [0, 0.05) is 17.1 Å². The van der Waals surface area contributed by atoms with E-state index < -0.39 is 44.9 Å². The highest BCUT2D eigenvalue weighted by atomic mass is 79.9. The van der Waals surface area contributed by atoms with Gasteiger partial charge in [0.05, 0.1) is 28.3 Å². The molecule has 6 nitrogen and oxygen atoms in total. The number of rotatable bonds is 6. The first-order valence-electron chi connectivity index (χ1n) is 10.3. The molecule has 0 aliphatic heterocycles. The van der Waals surface area contributed by atoms with Crippen LogP contribution in [0.4, 0.5) is 22.0 Å². The van der Waals surface area contributed by atoms with Crippen molar-refractivity contribution >= 4 is 31.6 Å². The molecule has 1 unspecified atom stereocenters. The van der Waals surface area contributed by atoms with Crippen LogP contribution in [0.15, 0.2) is 67.3 Å². The summed E-state index contributed by atoms with van der Waals surface area (Å²) < 4.78 is 87.7. The highest BCUT2D eigenvalue weighted by Crippen LogP contribution is 2.34. The molecule has 1 aromatic heterocycles. The van der Waals surface area contributed by atoms with E-state index >= 15 is 0 Å². The number of halogens is 6. The quantitative estimate of drug-likeness (QED) is 0.362. The lowest BCUT2D eigenvalue weighted by Gasteiger charge is -2.20. The fourth-order valence-corrected chi connectivity index (χ4v) is 5.65. The Morgan fingerprint density at radius 2 is 1.75 bits per heavy atom. The van der Waals surface area contributed by atoms with E-state index in [1.807, 2.05) is 0 Å². The number of carbonyl (C=O) groups excluding carboxylic acids is 1. The summed E-state index contributed by atoms with van der Waals surface area (Å²) in [5.74, 6) is -4.51. The molecular formula is C23H20BrF5N4O2S. The standard InChI is InChI=1S/C23H20BrF5N4O2S/c1-13-9-16(24)7-8-19(13)22(25,26)12-31-20(34)18-10-14(2)32-33-21(18)36(35,30-3)17-6-4-5-15(11-17)23(27,28)29/h4-11H,12H2,1-3H3,(H,31,34). The Labute approximate surface area is 212 Å². The zero-order valence-corrected chi connectivity index (χ0v) is 21.6. The summed E-state index contributed by atoms with van der Waals surface area (Å²) in [7, 11) is -2.79. The average molecular weight is 591 g/mol. The van der Waals surface area contributed by atoms with Crippen LogP contribution in [0.5, 0.6) is 0 Å². The Bertz CT molecular complexity index is 1440. The van der Waals surface area contributed by atoms with Gasteiger partial charge in [0.2, 0.25) is 0 Å². The van der Waals surface area contributed by atoms with E-state index in [4.69, 9.17) is 0 Å². The molecule has 1 N–H and O–H groups in total. The molecule has 0 saturated carbocycles. The maximum atomic E-state index is 14.9. The van der Waals surface area contributed by atoms with Gasteiger partial charge in [-0.25, -0.2) is 8.57 Å². The van der Waals surface area contributed by atoms with E-state index in [2.05, 4.69) is 35.8 Å². The lowest BCUT2D eigenvalue weighted by molar-refractivity contribution is -0.137. The van der Waals surface area contributed by atoms with Crippen molar-refractivity contribution in [3.05, 3.63) is 81.0 Å². The number of hydrogen-bond acceptors (Lipinski definition) is 5. The number of amides is 1. The number of carbonyl (C=O) groups is 1. The van der Waals surface area contributed by atoms with Gasteiger partial charge in [-0.15, -0.1) is 5.10 Å². The number of aromatic nitrogens is 2. The first kappa shape index (κ1) is 27.7. The minimum Gasteiger partial charge on any atom is -0.346 e. The number of nitrogens with one attached hydrogen (secondary N) is 1. The van der Waals surface area contributed by atoms with E-state index in [1.54, 1.807) is 0 Å². The van der Waals surface area contributed by atoms with E-state index in [-0.39, 0.29) is 21.7 Å². The molecule has 192 valence electrons. The summed E-state index contributed by atoms with van der Waals surface area (Å²) in [6, 6.07) is 8.97. The fourth-order valence-electron chi connectivity index (χ4n) is 3.41. The summed E-state index contributed by atoms with van der Waals surface area (Å²) in [5, 5.41) is 9.13. The molecule has 0 radical (unpaired) electrons. The van der Waals surface area contributed by atoms with Crippen molar-refractivity contribution in [3.8, 4) is 0 Å². The van der Waals surface area contributed by atoms with Gasteiger partial charge in [-0.1, -0.05) is 28.1 Å². The van der Waals surface area contributed by atoms with Gasteiger partial charge in [0.15, 0.2) is 5.03 Å². The molecule has 2 aromatic carbocycles. The summed E-state index contributed by atoms with van der Waals surface area (Å²) in [4.78, 5) is 12.6. The minimum absolute atomic E-state index is 0.196. The van der Waals surface area contributed by atoms with E-state index in [0.717, 1.165) is 25.2 Å². The Kier molecular flexibility index (Phi) is 7.84. The third kappa shape index (κ3) is 5.72. The highest BCUT2D eigenvalue weighted by Gasteiger charge is 2.35. The van der Waals surface area contributed by atoms with Crippen LogP contribution in [0, 0.1) is 13.8 Å². The molecule has 13 heteroatoms. The van der Waals surface area contributed by atoms with Gasteiger partial charge in [0.25, 0.3) is 11.8 Å². The van der Waals surface area contributed by atoms with Crippen molar-refractivity contribution in [3.63, 3.8) is 0 Å². The van der Waals surface area contributed by atoms with Gasteiger partial charge < -0.3 is 5.32 Å². The fraction of sp³-hybridized carbons (Fsp3) is 0.261. The van der Waals surface area contributed by atoms with Crippen LogP contribution in [0.25, 0.3) is 0 Å². The smallest absolute Gasteiger partial charge is 0.346 e. The van der Waals surface area contributed by atoms with Gasteiger partial charge >= 0.3 is 6.18 Å². The number of alkyl halides is 5. The molecule has 0 aliphatic rings.